The first-order valence-electron chi connectivity index (χ1n) is 10.5. The Morgan fingerprint density at radius 2 is 1.59 bits per heavy atom. The van der Waals surface area contributed by atoms with Crippen LogP contribution in [-0.4, -0.2) is 25.8 Å². The summed E-state index contributed by atoms with van der Waals surface area (Å²) >= 11 is 0. The van der Waals surface area contributed by atoms with Gasteiger partial charge in [0, 0.05) is 24.8 Å². The van der Waals surface area contributed by atoms with Gasteiger partial charge in [0.05, 0.1) is 18.2 Å². The number of aryl methyl sites for hydroxylation is 1. The molecule has 2 nitrogen and oxygen atoms in total. The Bertz CT molecular complexity index is 796. The van der Waals surface area contributed by atoms with Crippen LogP contribution in [0.15, 0.2) is 48.5 Å². The molecule has 1 saturated heterocycles. The lowest BCUT2D eigenvalue weighted by Crippen LogP contribution is -2.45. The van der Waals surface area contributed by atoms with Crippen LogP contribution in [0.5, 0.6) is 0 Å². The molecule has 2 aromatic carbocycles. The Kier molecular flexibility index (Phi) is 5.86. The maximum Gasteiger partial charge on any atom is 0.416 e. The van der Waals surface area contributed by atoms with E-state index in [0.717, 1.165) is 43.2 Å². The topological polar surface area (TPSA) is 12.5 Å². The smallest absolute Gasteiger partial charge is 0.379 e. The summed E-state index contributed by atoms with van der Waals surface area (Å²) in [6.45, 7) is 4.43. The van der Waals surface area contributed by atoms with E-state index in [1.165, 1.54) is 30.5 Å². The number of nitrogens with zero attached hydrogens (tertiary/aromatic N) is 1. The molecule has 1 unspecified atom stereocenters. The number of ether oxygens (including phenoxy) is 1. The zero-order valence-corrected chi connectivity index (χ0v) is 16.8. The van der Waals surface area contributed by atoms with Gasteiger partial charge in [-0.05, 0) is 68.4 Å². The average molecular weight is 403 g/mol. The van der Waals surface area contributed by atoms with Crippen LogP contribution < -0.4 is 4.90 Å². The van der Waals surface area contributed by atoms with Gasteiger partial charge < -0.3 is 9.64 Å². The molecule has 1 aliphatic carbocycles. The van der Waals surface area contributed by atoms with Gasteiger partial charge in [-0.3, -0.25) is 0 Å². The van der Waals surface area contributed by atoms with Crippen molar-refractivity contribution in [1.29, 1.82) is 0 Å². The van der Waals surface area contributed by atoms with Crippen LogP contribution in [0.3, 0.4) is 0 Å². The van der Waals surface area contributed by atoms with E-state index in [9.17, 15) is 13.2 Å². The minimum absolute atomic E-state index is 0.221. The molecule has 0 radical (unpaired) electrons. The molecule has 0 bridgehead atoms. The summed E-state index contributed by atoms with van der Waals surface area (Å²) in [7, 11) is 0. The Labute approximate surface area is 170 Å². The van der Waals surface area contributed by atoms with Crippen molar-refractivity contribution in [2.75, 3.05) is 24.7 Å². The highest BCUT2D eigenvalue weighted by Crippen LogP contribution is 2.36. The van der Waals surface area contributed by atoms with E-state index in [2.05, 4.69) is 36.1 Å². The third kappa shape index (κ3) is 5.13. The van der Waals surface area contributed by atoms with Crippen LogP contribution in [0.2, 0.25) is 0 Å². The molecule has 29 heavy (non-hydrogen) atoms. The lowest BCUT2D eigenvalue weighted by Gasteiger charge is -2.41. The molecule has 2 atom stereocenters. The fourth-order valence-electron chi connectivity index (χ4n) is 4.12. The fraction of sp³-hybridized carbons (Fsp3) is 0.500. The lowest BCUT2D eigenvalue weighted by atomic mass is 9.86. The number of rotatable bonds is 6. The molecular weight excluding hydrogens is 375 g/mol. The lowest BCUT2D eigenvalue weighted by molar-refractivity contribution is -0.137. The molecule has 0 spiro atoms. The number of alkyl halides is 3. The Balaban J connectivity index is 1.49. The van der Waals surface area contributed by atoms with Gasteiger partial charge in [0.25, 0.3) is 0 Å². The van der Waals surface area contributed by atoms with Crippen LogP contribution in [0.25, 0.3) is 0 Å². The first-order chi connectivity index (χ1) is 13.9. The molecule has 2 aromatic rings. The van der Waals surface area contributed by atoms with E-state index in [-0.39, 0.29) is 5.92 Å². The Morgan fingerprint density at radius 1 is 0.897 bits per heavy atom. The largest absolute Gasteiger partial charge is 0.416 e. The standard InChI is InChI=1S/C24H28F3NO/c1-17-2-11-22(12-3-17)28-14-20(8-13-23(28)16-29-15-18-4-5-18)19-6-9-21(10-7-19)24(25,26)27/h2-3,6-7,9-12,18,20,23H,4-5,8,13-16H2,1H3/t20?,23-/m0/s1. The summed E-state index contributed by atoms with van der Waals surface area (Å²) in [6, 6.07) is 14.5. The molecule has 2 fully saturated rings. The van der Waals surface area contributed by atoms with Crippen LogP contribution in [0.1, 0.15) is 48.3 Å². The van der Waals surface area contributed by atoms with Crippen molar-refractivity contribution in [2.45, 2.75) is 50.7 Å². The number of hydrogen-bond donors (Lipinski definition) is 0. The van der Waals surface area contributed by atoms with Crippen LogP contribution in [-0.2, 0) is 10.9 Å². The molecule has 2 aliphatic rings. The third-order valence-electron chi connectivity index (χ3n) is 6.14. The quantitative estimate of drug-likeness (QED) is 0.570. The molecule has 4 rings (SSSR count). The van der Waals surface area contributed by atoms with Crippen molar-refractivity contribution in [3.63, 3.8) is 0 Å². The van der Waals surface area contributed by atoms with Crippen molar-refractivity contribution in [3.05, 3.63) is 65.2 Å². The van der Waals surface area contributed by atoms with Crippen molar-refractivity contribution >= 4 is 5.69 Å². The normalized spacial score (nSPS) is 22.7. The summed E-state index contributed by atoms with van der Waals surface area (Å²) in [6.07, 6.45) is 0.211. The van der Waals surface area contributed by atoms with Crippen molar-refractivity contribution in [2.24, 2.45) is 5.92 Å². The summed E-state index contributed by atoms with van der Waals surface area (Å²) < 4.78 is 44.7. The maximum atomic E-state index is 12.9. The van der Waals surface area contributed by atoms with Gasteiger partial charge in [-0.2, -0.15) is 13.2 Å². The number of piperidine rings is 1. The molecule has 1 aliphatic heterocycles. The van der Waals surface area contributed by atoms with E-state index in [1.54, 1.807) is 12.1 Å². The number of hydrogen-bond acceptors (Lipinski definition) is 2. The van der Waals surface area contributed by atoms with Crippen LogP contribution >= 0.6 is 0 Å². The van der Waals surface area contributed by atoms with E-state index >= 15 is 0 Å². The van der Waals surface area contributed by atoms with E-state index in [0.29, 0.717) is 12.6 Å². The molecule has 1 heterocycles. The highest BCUT2D eigenvalue weighted by molar-refractivity contribution is 5.50. The van der Waals surface area contributed by atoms with Gasteiger partial charge in [-0.1, -0.05) is 29.8 Å². The first kappa shape index (κ1) is 20.3. The van der Waals surface area contributed by atoms with E-state index in [1.807, 2.05) is 0 Å². The first-order valence-corrected chi connectivity index (χ1v) is 10.5. The van der Waals surface area contributed by atoms with Crippen molar-refractivity contribution < 1.29 is 17.9 Å². The second kappa shape index (κ2) is 8.39. The predicted molar refractivity (Wildman–Crippen MR) is 109 cm³/mol. The summed E-state index contributed by atoms with van der Waals surface area (Å²) in [4.78, 5) is 2.39. The van der Waals surface area contributed by atoms with Gasteiger partial charge in [0.1, 0.15) is 0 Å². The van der Waals surface area contributed by atoms with Gasteiger partial charge >= 0.3 is 6.18 Å². The van der Waals surface area contributed by atoms with Gasteiger partial charge in [-0.25, -0.2) is 0 Å². The molecule has 156 valence electrons. The number of benzene rings is 2. The summed E-state index contributed by atoms with van der Waals surface area (Å²) in [5, 5.41) is 0. The number of halogens is 3. The molecule has 0 aromatic heterocycles. The summed E-state index contributed by atoms with van der Waals surface area (Å²) in [5.41, 5.74) is 2.77. The molecular formula is C24H28F3NO. The van der Waals surface area contributed by atoms with Crippen LogP contribution in [0.4, 0.5) is 18.9 Å². The molecule has 0 amide bonds. The fourth-order valence-corrected chi connectivity index (χ4v) is 4.12. The van der Waals surface area contributed by atoms with E-state index < -0.39 is 11.7 Å². The van der Waals surface area contributed by atoms with Gasteiger partial charge in [0.15, 0.2) is 0 Å². The van der Waals surface area contributed by atoms with Gasteiger partial charge in [-0.15, -0.1) is 0 Å². The minimum Gasteiger partial charge on any atom is -0.379 e. The minimum atomic E-state index is -4.29. The summed E-state index contributed by atoms with van der Waals surface area (Å²) in [5.74, 6) is 0.963. The molecule has 0 N–H and O–H groups in total. The van der Waals surface area contributed by atoms with Crippen molar-refractivity contribution in [1.82, 2.24) is 0 Å². The maximum absolute atomic E-state index is 12.9. The Morgan fingerprint density at radius 3 is 2.21 bits per heavy atom. The Hall–Kier alpha value is -2.01. The second-order valence-electron chi connectivity index (χ2n) is 8.52. The number of anilines is 1. The van der Waals surface area contributed by atoms with Gasteiger partial charge in [0.2, 0.25) is 0 Å². The average Bonchev–Trinajstić information content (AvgIpc) is 3.53. The SMILES string of the molecule is Cc1ccc(N2CC(c3ccc(C(F)(F)F)cc3)CC[C@H]2COCC2CC2)cc1. The monoisotopic (exact) mass is 403 g/mol. The highest BCUT2D eigenvalue weighted by Gasteiger charge is 2.32. The predicted octanol–water partition coefficient (Wildman–Crippen LogP) is 6.19. The molecule has 5 heteroatoms. The zero-order chi connectivity index (χ0) is 20.4. The van der Waals surface area contributed by atoms with E-state index in [4.69, 9.17) is 4.74 Å². The van der Waals surface area contributed by atoms with Crippen LogP contribution in [0, 0.1) is 12.8 Å². The molecule has 1 saturated carbocycles. The third-order valence-corrected chi connectivity index (χ3v) is 6.14. The zero-order valence-electron chi connectivity index (χ0n) is 16.8. The van der Waals surface area contributed by atoms with Crippen molar-refractivity contribution in [3.8, 4) is 0 Å². The second-order valence-corrected chi connectivity index (χ2v) is 8.52. The highest BCUT2D eigenvalue weighted by atomic mass is 19.4.